The molecule has 1 aromatic heterocycles. The van der Waals surface area contributed by atoms with Gasteiger partial charge in [-0.15, -0.1) is 10.2 Å². The highest BCUT2D eigenvalue weighted by Crippen LogP contribution is 1.93. The van der Waals surface area contributed by atoms with Gasteiger partial charge < -0.3 is 9.52 Å². The Morgan fingerprint density at radius 2 is 2.17 bits per heavy atom. The summed E-state index contributed by atoms with van der Waals surface area (Å²) in [5, 5.41) is 14.9. The minimum atomic E-state index is -0.181. The van der Waals surface area contributed by atoms with Crippen molar-refractivity contribution in [1.29, 1.82) is 0 Å². The van der Waals surface area contributed by atoms with Crippen molar-refractivity contribution in [2.24, 2.45) is 0 Å². The SMILES string of the molecule is CCSCC.OCc1nnco1. The summed E-state index contributed by atoms with van der Waals surface area (Å²) in [7, 11) is 0. The first kappa shape index (κ1) is 11.4. The highest BCUT2D eigenvalue weighted by Gasteiger charge is 1.89. The average Bonchev–Trinajstić information content (AvgIpc) is 2.58. The van der Waals surface area contributed by atoms with Crippen LogP contribution in [0.1, 0.15) is 19.7 Å². The van der Waals surface area contributed by atoms with E-state index in [1.165, 1.54) is 17.9 Å². The van der Waals surface area contributed by atoms with Gasteiger partial charge in [0.15, 0.2) is 0 Å². The van der Waals surface area contributed by atoms with Crippen molar-refractivity contribution in [3.8, 4) is 0 Å². The van der Waals surface area contributed by atoms with Crippen molar-refractivity contribution in [2.45, 2.75) is 20.5 Å². The Balaban J connectivity index is 0.000000217. The first-order valence-corrected chi connectivity index (χ1v) is 4.94. The van der Waals surface area contributed by atoms with Crippen LogP contribution in [0.3, 0.4) is 0 Å². The summed E-state index contributed by atoms with van der Waals surface area (Å²) < 4.78 is 4.51. The third-order valence-corrected chi connectivity index (χ3v) is 1.77. The van der Waals surface area contributed by atoms with Gasteiger partial charge in [-0.05, 0) is 11.5 Å². The Kier molecular flexibility index (Phi) is 8.15. The monoisotopic (exact) mass is 190 g/mol. The maximum atomic E-state index is 8.23. The summed E-state index contributed by atoms with van der Waals surface area (Å²) in [6.45, 7) is 4.17. The second kappa shape index (κ2) is 8.55. The number of aromatic nitrogens is 2. The third-order valence-electron chi connectivity index (χ3n) is 0.949. The van der Waals surface area contributed by atoms with Gasteiger partial charge in [0.2, 0.25) is 12.3 Å². The van der Waals surface area contributed by atoms with Crippen LogP contribution in [0.15, 0.2) is 10.8 Å². The van der Waals surface area contributed by atoms with Crippen LogP contribution in [0.25, 0.3) is 0 Å². The molecule has 0 spiro atoms. The molecule has 0 aliphatic heterocycles. The molecule has 1 heterocycles. The number of aliphatic hydroxyl groups excluding tert-OH is 1. The molecule has 0 aliphatic carbocycles. The van der Waals surface area contributed by atoms with Crippen LogP contribution in [0.2, 0.25) is 0 Å². The first-order chi connectivity index (χ1) is 5.85. The summed E-state index contributed by atoms with van der Waals surface area (Å²) in [6.07, 6.45) is 1.17. The molecule has 0 aliphatic rings. The highest BCUT2D eigenvalue weighted by atomic mass is 32.2. The summed E-state index contributed by atoms with van der Waals surface area (Å²) in [5.74, 6) is 2.77. The molecule has 0 fully saturated rings. The van der Waals surface area contributed by atoms with Gasteiger partial charge in [0.1, 0.15) is 6.61 Å². The van der Waals surface area contributed by atoms with E-state index in [0.717, 1.165) is 0 Å². The Hall–Kier alpha value is -0.550. The van der Waals surface area contributed by atoms with Gasteiger partial charge in [-0.25, -0.2) is 0 Å². The predicted octanol–water partition coefficient (Wildman–Crippen LogP) is 1.32. The van der Waals surface area contributed by atoms with Crippen molar-refractivity contribution < 1.29 is 9.52 Å². The van der Waals surface area contributed by atoms with Gasteiger partial charge >= 0.3 is 0 Å². The average molecular weight is 190 g/mol. The lowest BCUT2D eigenvalue weighted by molar-refractivity contribution is 0.240. The Labute approximate surface area is 76.4 Å². The summed E-state index contributed by atoms with van der Waals surface area (Å²) in [6, 6.07) is 0. The van der Waals surface area contributed by atoms with Crippen molar-refractivity contribution in [1.82, 2.24) is 10.2 Å². The van der Waals surface area contributed by atoms with Crippen molar-refractivity contribution >= 4 is 11.8 Å². The fourth-order valence-corrected chi connectivity index (χ4v) is 0.877. The fraction of sp³-hybridized carbons (Fsp3) is 0.714. The number of aliphatic hydroxyl groups is 1. The van der Waals surface area contributed by atoms with Crippen LogP contribution in [-0.4, -0.2) is 26.8 Å². The molecule has 12 heavy (non-hydrogen) atoms. The number of thioether (sulfide) groups is 1. The quantitative estimate of drug-likeness (QED) is 0.779. The molecule has 0 saturated carbocycles. The smallest absolute Gasteiger partial charge is 0.241 e. The molecule has 0 atom stereocenters. The minimum Gasteiger partial charge on any atom is -0.425 e. The number of hydrogen-bond donors (Lipinski definition) is 1. The lowest BCUT2D eigenvalue weighted by Gasteiger charge is -1.80. The zero-order chi connectivity index (χ0) is 9.23. The van der Waals surface area contributed by atoms with Gasteiger partial charge in [0, 0.05) is 0 Å². The van der Waals surface area contributed by atoms with E-state index in [1.54, 1.807) is 0 Å². The second-order valence-electron chi connectivity index (χ2n) is 1.77. The van der Waals surface area contributed by atoms with Crippen molar-refractivity contribution in [3.05, 3.63) is 12.3 Å². The largest absolute Gasteiger partial charge is 0.425 e. The maximum Gasteiger partial charge on any atom is 0.241 e. The molecule has 0 radical (unpaired) electrons. The zero-order valence-electron chi connectivity index (χ0n) is 7.36. The maximum absolute atomic E-state index is 8.23. The van der Waals surface area contributed by atoms with Gasteiger partial charge in [-0.3, -0.25) is 0 Å². The predicted molar refractivity (Wildman–Crippen MR) is 48.9 cm³/mol. The van der Waals surface area contributed by atoms with Gasteiger partial charge in [-0.1, -0.05) is 13.8 Å². The molecule has 1 N–H and O–H groups in total. The second-order valence-corrected chi connectivity index (χ2v) is 3.34. The lowest BCUT2D eigenvalue weighted by atomic mass is 10.7. The van der Waals surface area contributed by atoms with Crippen LogP contribution in [0.5, 0.6) is 0 Å². The normalized spacial score (nSPS) is 8.92. The van der Waals surface area contributed by atoms with Gasteiger partial charge in [0.05, 0.1) is 0 Å². The molecular formula is C7H14N2O2S. The van der Waals surface area contributed by atoms with E-state index in [-0.39, 0.29) is 12.5 Å². The standard InChI is InChI=1S/C4H10S.C3H4N2O2/c1-3-5-4-2;6-1-3-5-4-2-7-3/h3-4H2,1-2H3;2,6H,1H2. The molecule has 1 rings (SSSR count). The minimum absolute atomic E-state index is 0.181. The molecule has 1 aromatic rings. The Bertz CT molecular complexity index is 166. The van der Waals surface area contributed by atoms with Crippen LogP contribution in [0, 0.1) is 0 Å². The van der Waals surface area contributed by atoms with Crippen molar-refractivity contribution in [3.63, 3.8) is 0 Å². The molecule has 0 aromatic carbocycles. The van der Waals surface area contributed by atoms with E-state index in [1.807, 2.05) is 11.8 Å². The van der Waals surface area contributed by atoms with Crippen LogP contribution >= 0.6 is 11.8 Å². The third kappa shape index (κ3) is 6.18. The van der Waals surface area contributed by atoms with E-state index in [0.29, 0.717) is 0 Å². The van der Waals surface area contributed by atoms with Crippen LogP contribution in [-0.2, 0) is 6.61 Å². The molecule has 0 amide bonds. The molecule has 0 bridgehead atoms. The number of rotatable bonds is 3. The molecular weight excluding hydrogens is 176 g/mol. The number of nitrogens with zero attached hydrogens (tertiary/aromatic N) is 2. The van der Waals surface area contributed by atoms with E-state index in [4.69, 9.17) is 5.11 Å². The molecule has 4 nitrogen and oxygen atoms in total. The highest BCUT2D eigenvalue weighted by molar-refractivity contribution is 7.99. The van der Waals surface area contributed by atoms with Gasteiger partial charge in [-0.2, -0.15) is 11.8 Å². The van der Waals surface area contributed by atoms with Gasteiger partial charge in [0.25, 0.3) is 0 Å². The van der Waals surface area contributed by atoms with E-state index in [9.17, 15) is 0 Å². The topological polar surface area (TPSA) is 59.2 Å². The molecule has 70 valence electrons. The Morgan fingerprint density at radius 1 is 1.50 bits per heavy atom. The van der Waals surface area contributed by atoms with E-state index >= 15 is 0 Å². The summed E-state index contributed by atoms with van der Waals surface area (Å²) in [4.78, 5) is 0. The van der Waals surface area contributed by atoms with Crippen molar-refractivity contribution in [2.75, 3.05) is 11.5 Å². The molecule has 0 saturated heterocycles. The van der Waals surface area contributed by atoms with Crippen LogP contribution in [0.4, 0.5) is 0 Å². The summed E-state index contributed by atoms with van der Waals surface area (Å²) in [5.41, 5.74) is 0. The molecule has 0 unspecified atom stereocenters. The summed E-state index contributed by atoms with van der Waals surface area (Å²) >= 11 is 1.96. The molecule has 5 heteroatoms. The Morgan fingerprint density at radius 3 is 2.33 bits per heavy atom. The zero-order valence-corrected chi connectivity index (χ0v) is 8.17. The van der Waals surface area contributed by atoms with Crippen LogP contribution < -0.4 is 0 Å². The number of hydrogen-bond acceptors (Lipinski definition) is 5. The van der Waals surface area contributed by atoms with E-state index in [2.05, 4.69) is 28.5 Å². The first-order valence-electron chi connectivity index (χ1n) is 3.78. The van der Waals surface area contributed by atoms with E-state index < -0.39 is 0 Å². The lowest BCUT2D eigenvalue weighted by Crippen LogP contribution is -1.79. The fourth-order valence-electron chi connectivity index (χ4n) is 0.469.